The molecule has 0 fully saturated rings. The maximum atomic E-state index is 14.6. The van der Waals surface area contributed by atoms with Crippen molar-refractivity contribution >= 4 is 57.5 Å². The van der Waals surface area contributed by atoms with Gasteiger partial charge in [-0.05, 0) is 131 Å². The molecule has 1 amide bonds. The summed E-state index contributed by atoms with van der Waals surface area (Å²) in [5, 5.41) is 22.6. The van der Waals surface area contributed by atoms with E-state index in [4.69, 9.17) is 23.3 Å². The Balaban J connectivity index is 1.15. The van der Waals surface area contributed by atoms with E-state index in [1.807, 2.05) is 73.7 Å². The van der Waals surface area contributed by atoms with Crippen LogP contribution in [0.2, 0.25) is 0 Å². The van der Waals surface area contributed by atoms with Gasteiger partial charge in [-0.15, -0.1) is 0 Å². The molecule has 1 unspecified atom stereocenters. The van der Waals surface area contributed by atoms with Gasteiger partial charge in [0.2, 0.25) is 5.91 Å². The maximum absolute atomic E-state index is 14.6. The van der Waals surface area contributed by atoms with Gasteiger partial charge in [0, 0.05) is 18.5 Å². The first-order chi connectivity index (χ1) is 32.6. The monoisotopic (exact) mass is 913 g/mol. The van der Waals surface area contributed by atoms with Crippen LogP contribution in [0.4, 0.5) is 0 Å². The molecule has 0 bridgehead atoms. The van der Waals surface area contributed by atoms with Crippen LogP contribution in [-0.2, 0) is 30.6 Å². The second-order valence-corrected chi connectivity index (χ2v) is 19.0. The van der Waals surface area contributed by atoms with E-state index >= 15 is 0 Å². The Labute approximate surface area is 395 Å². The Hall–Kier alpha value is -6.11. The van der Waals surface area contributed by atoms with E-state index in [2.05, 4.69) is 123 Å². The van der Waals surface area contributed by atoms with Gasteiger partial charge in [0.25, 0.3) is 8.53 Å². The zero-order chi connectivity index (χ0) is 47.1. The minimum absolute atomic E-state index is 0.0660. The summed E-state index contributed by atoms with van der Waals surface area (Å²) in [6, 6.07) is 51.7. The standard InChI is InChI=1S/C57H60N3O6P/c1-38(2)60(39(3)4)67(65-36-14-35-58)66-40(5)53(37-64-57(43-17-9-8-10-18-43,44-25-29-46(62-6)30-26-44)45-27-31-47(63-7)32-28-45)59-54(61)34-24-41-23-33-52-50-21-12-16-42-15-11-20-49(55(42)50)51-22-13-19-48(41)56(51)52/h8-13,15-23,25-33,38-40,53H,14,24,34,36-37H2,1-7H3,(H,59,61)/t40-,53-,67?/m0/s1. The number of rotatable bonds is 21. The van der Waals surface area contributed by atoms with Crippen molar-refractivity contribution in [3.63, 3.8) is 0 Å². The summed E-state index contributed by atoms with van der Waals surface area (Å²) in [5.41, 5.74) is 2.62. The number of hydrogen-bond donors (Lipinski definition) is 1. The van der Waals surface area contributed by atoms with Gasteiger partial charge in [-0.2, -0.15) is 5.26 Å². The zero-order valence-electron chi connectivity index (χ0n) is 39.5. The van der Waals surface area contributed by atoms with E-state index < -0.39 is 26.3 Å². The first-order valence-electron chi connectivity index (χ1n) is 23.2. The first kappa shape index (κ1) is 47.4. The van der Waals surface area contributed by atoms with Gasteiger partial charge in [0.15, 0.2) is 0 Å². The van der Waals surface area contributed by atoms with E-state index in [1.54, 1.807) is 14.2 Å². The minimum Gasteiger partial charge on any atom is -0.497 e. The molecule has 0 saturated heterocycles. The van der Waals surface area contributed by atoms with E-state index in [-0.39, 0.29) is 44.0 Å². The van der Waals surface area contributed by atoms with Crippen molar-refractivity contribution in [3.8, 4) is 17.6 Å². The third-order valence-corrected chi connectivity index (χ3v) is 14.9. The molecule has 0 spiro atoms. The Bertz CT molecular complexity index is 2850. The fraction of sp³-hybridized carbons (Fsp3) is 0.298. The lowest BCUT2D eigenvalue weighted by atomic mass is 9.80. The van der Waals surface area contributed by atoms with Crippen molar-refractivity contribution in [2.24, 2.45) is 0 Å². The van der Waals surface area contributed by atoms with E-state index in [0.29, 0.717) is 6.42 Å². The van der Waals surface area contributed by atoms with Crippen LogP contribution in [0, 0.1) is 11.3 Å². The summed E-state index contributed by atoms with van der Waals surface area (Å²) >= 11 is 0. The van der Waals surface area contributed by atoms with Crippen molar-refractivity contribution < 1.29 is 28.1 Å². The Morgan fingerprint density at radius 1 is 0.657 bits per heavy atom. The number of methoxy groups -OCH3 is 2. The molecule has 0 aromatic heterocycles. The molecule has 8 rings (SSSR count). The number of nitrogens with zero attached hydrogens (tertiary/aromatic N) is 2. The summed E-state index contributed by atoms with van der Waals surface area (Å²) in [4.78, 5) is 14.6. The molecule has 0 aliphatic carbocycles. The number of carbonyl (C=O) groups is 1. The average molecular weight is 914 g/mol. The molecule has 344 valence electrons. The van der Waals surface area contributed by atoms with Crippen LogP contribution in [-0.4, -0.2) is 62.2 Å². The quantitative estimate of drug-likeness (QED) is 0.0250. The van der Waals surface area contributed by atoms with E-state index in [1.165, 1.54) is 37.7 Å². The minimum atomic E-state index is -1.64. The summed E-state index contributed by atoms with van der Waals surface area (Å²) in [5.74, 6) is 1.31. The van der Waals surface area contributed by atoms with Gasteiger partial charge in [0.1, 0.15) is 17.1 Å². The second kappa shape index (κ2) is 21.2. The topological polar surface area (TPSA) is 102 Å². The highest BCUT2D eigenvalue weighted by Gasteiger charge is 2.40. The molecule has 10 heteroatoms. The van der Waals surface area contributed by atoms with Gasteiger partial charge in [0.05, 0.1) is 52.1 Å². The van der Waals surface area contributed by atoms with Crippen molar-refractivity contribution in [1.82, 2.24) is 9.99 Å². The van der Waals surface area contributed by atoms with Gasteiger partial charge in [-0.25, -0.2) is 4.67 Å². The highest BCUT2D eigenvalue weighted by molar-refractivity contribution is 7.44. The third-order valence-electron chi connectivity index (χ3n) is 12.7. The summed E-state index contributed by atoms with van der Waals surface area (Å²) in [6.45, 7) is 10.7. The number of nitrogens with one attached hydrogen (secondary N) is 1. The Kier molecular flexibility index (Phi) is 15.0. The molecule has 0 aliphatic heterocycles. The molecule has 8 aromatic carbocycles. The number of carbonyl (C=O) groups excluding carboxylic acids is 1. The second-order valence-electron chi connectivity index (χ2n) is 17.6. The predicted molar refractivity (Wildman–Crippen MR) is 272 cm³/mol. The first-order valence-corrected chi connectivity index (χ1v) is 24.3. The van der Waals surface area contributed by atoms with Crippen LogP contribution in [0.15, 0.2) is 146 Å². The molecule has 1 N–H and O–H groups in total. The van der Waals surface area contributed by atoms with Crippen molar-refractivity contribution in [2.45, 2.75) is 83.7 Å². The molecular formula is C57H60N3O6P. The number of fused-ring (bicyclic) bond motifs is 2. The zero-order valence-corrected chi connectivity index (χ0v) is 40.4. The van der Waals surface area contributed by atoms with Crippen LogP contribution in [0.1, 0.15) is 69.7 Å². The van der Waals surface area contributed by atoms with E-state index in [9.17, 15) is 10.1 Å². The van der Waals surface area contributed by atoms with Crippen molar-refractivity contribution in [3.05, 3.63) is 168 Å². The Morgan fingerprint density at radius 2 is 1.19 bits per heavy atom. The highest BCUT2D eigenvalue weighted by atomic mass is 31.2. The highest BCUT2D eigenvalue weighted by Crippen LogP contribution is 2.48. The fourth-order valence-electron chi connectivity index (χ4n) is 9.54. The molecule has 0 heterocycles. The lowest BCUT2D eigenvalue weighted by molar-refractivity contribution is -0.123. The summed E-state index contributed by atoms with van der Waals surface area (Å²) in [7, 11) is 1.66. The number of aryl methyl sites for hydroxylation is 1. The number of hydrogen-bond acceptors (Lipinski definition) is 8. The number of ether oxygens (including phenoxy) is 3. The Morgan fingerprint density at radius 3 is 1.76 bits per heavy atom. The normalized spacial score (nSPS) is 13.4. The summed E-state index contributed by atoms with van der Waals surface area (Å²) < 4.78 is 34.1. The van der Waals surface area contributed by atoms with Gasteiger partial charge < -0.3 is 28.6 Å². The third kappa shape index (κ3) is 9.83. The maximum Gasteiger partial charge on any atom is 0.259 e. The van der Waals surface area contributed by atoms with Crippen LogP contribution >= 0.6 is 8.53 Å². The van der Waals surface area contributed by atoms with Crippen LogP contribution < -0.4 is 14.8 Å². The smallest absolute Gasteiger partial charge is 0.259 e. The number of nitriles is 1. The molecule has 0 radical (unpaired) electrons. The molecular weight excluding hydrogens is 854 g/mol. The molecule has 3 atom stereocenters. The summed E-state index contributed by atoms with van der Waals surface area (Å²) in [6.07, 6.45) is 0.421. The van der Waals surface area contributed by atoms with Gasteiger partial charge >= 0.3 is 0 Å². The molecule has 0 saturated carbocycles. The molecule has 9 nitrogen and oxygen atoms in total. The lowest BCUT2D eigenvalue weighted by Gasteiger charge is -2.40. The largest absolute Gasteiger partial charge is 0.497 e. The van der Waals surface area contributed by atoms with Crippen molar-refractivity contribution in [2.75, 3.05) is 27.4 Å². The number of benzene rings is 8. The fourth-order valence-corrected chi connectivity index (χ4v) is 11.3. The molecule has 8 aromatic rings. The molecule has 0 aliphatic rings. The molecule has 67 heavy (non-hydrogen) atoms. The lowest BCUT2D eigenvalue weighted by Crippen LogP contribution is -2.49. The van der Waals surface area contributed by atoms with Crippen LogP contribution in [0.3, 0.4) is 0 Å². The van der Waals surface area contributed by atoms with Gasteiger partial charge in [-0.1, -0.05) is 121 Å². The van der Waals surface area contributed by atoms with Crippen molar-refractivity contribution in [1.29, 1.82) is 5.26 Å². The van der Waals surface area contributed by atoms with Crippen LogP contribution in [0.5, 0.6) is 11.5 Å². The predicted octanol–water partition coefficient (Wildman–Crippen LogP) is 12.9. The van der Waals surface area contributed by atoms with Gasteiger partial charge in [-0.3, -0.25) is 4.79 Å². The SMILES string of the molecule is COc1ccc(C(OC[C@H](NC(=O)CCc2ccc3c4cccc5cccc(c6cccc2c63)c54)[C@H](C)OP(OCCC#N)N(C(C)C)C(C)C)(c2ccccc2)c2ccc(OC)cc2)cc1. The van der Waals surface area contributed by atoms with E-state index in [0.717, 1.165) is 39.1 Å². The van der Waals surface area contributed by atoms with Crippen LogP contribution in [0.25, 0.3) is 43.1 Å². The number of amides is 1. The average Bonchev–Trinajstić information content (AvgIpc) is 3.35.